The first-order valence-electron chi connectivity index (χ1n) is 12.3. The molecule has 2 aliphatic rings. The molecule has 1 saturated heterocycles. The number of rotatable bonds is 11. The molecule has 8 nitrogen and oxygen atoms in total. The number of nitrogens with one attached hydrogen (secondary N) is 1. The Morgan fingerprint density at radius 3 is 2.62 bits per heavy atom. The van der Waals surface area contributed by atoms with E-state index in [1.54, 1.807) is 12.4 Å². The summed E-state index contributed by atoms with van der Waals surface area (Å²) in [5.74, 6) is -0.249. The number of ether oxygens (including phenoxy) is 1. The van der Waals surface area contributed by atoms with Gasteiger partial charge in [-0.05, 0) is 75.5 Å². The Morgan fingerprint density at radius 1 is 1.26 bits per heavy atom. The molecule has 2 fully saturated rings. The molecule has 1 aromatic heterocycles. The van der Waals surface area contributed by atoms with Crippen molar-refractivity contribution in [2.75, 3.05) is 23.4 Å². The van der Waals surface area contributed by atoms with E-state index in [0.717, 1.165) is 48.4 Å². The highest BCUT2D eigenvalue weighted by Gasteiger charge is 2.37. The summed E-state index contributed by atoms with van der Waals surface area (Å²) in [5.41, 5.74) is 2.69. The van der Waals surface area contributed by atoms with Gasteiger partial charge in [0, 0.05) is 6.54 Å². The Kier molecular flexibility index (Phi) is 7.26. The summed E-state index contributed by atoms with van der Waals surface area (Å²) >= 11 is 0. The highest BCUT2D eigenvalue weighted by molar-refractivity contribution is 5.77. The fraction of sp³-hybridized carbons (Fsp3) is 0.577. The summed E-state index contributed by atoms with van der Waals surface area (Å²) in [6.07, 6.45) is 8.57. The van der Waals surface area contributed by atoms with Crippen LogP contribution in [0.3, 0.4) is 0 Å². The molecule has 0 unspecified atom stereocenters. The Balaban J connectivity index is 1.62. The van der Waals surface area contributed by atoms with E-state index in [1.807, 2.05) is 39.0 Å². The van der Waals surface area contributed by atoms with Crippen molar-refractivity contribution in [2.24, 2.45) is 5.92 Å². The first-order chi connectivity index (χ1) is 16.2. The van der Waals surface area contributed by atoms with E-state index in [4.69, 9.17) is 4.74 Å². The summed E-state index contributed by atoms with van der Waals surface area (Å²) in [4.78, 5) is 22.3. The molecule has 1 aliphatic carbocycles. The molecule has 2 aromatic rings. The number of hydrogen-bond donors (Lipinski definition) is 3. The summed E-state index contributed by atoms with van der Waals surface area (Å²) in [5, 5.41) is 23.6. The molecule has 2 heterocycles. The molecule has 4 rings (SSSR count). The van der Waals surface area contributed by atoms with Crippen molar-refractivity contribution in [3.8, 4) is 6.01 Å². The minimum absolute atomic E-state index is 0.00524. The molecule has 2 atom stereocenters. The zero-order valence-corrected chi connectivity index (χ0v) is 20.3. The average molecular weight is 469 g/mol. The van der Waals surface area contributed by atoms with Crippen molar-refractivity contribution in [3.05, 3.63) is 36.2 Å². The summed E-state index contributed by atoms with van der Waals surface area (Å²) in [6, 6.07) is 6.46. The molecule has 184 valence electrons. The lowest BCUT2D eigenvalue weighted by Crippen LogP contribution is -2.46. The standard InChI is InChI=1S/C26H36N4O4/c1-4-18(13-24(31)32)19-9-10-22(30-11-5-6-23(30)26(2,3)33)21(12-19)29-20-14-27-25(28-15-20)34-16-17-7-8-17/h9-10,12,14-15,17-18,23,29,33H,4-8,11,13,16H2,1-3H3,(H,31,32)/t18-,23-/m1/s1. The molecule has 0 bridgehead atoms. The van der Waals surface area contributed by atoms with Crippen LogP contribution >= 0.6 is 0 Å². The Bertz CT molecular complexity index is 985. The summed E-state index contributed by atoms with van der Waals surface area (Å²) < 4.78 is 5.65. The molecule has 1 aliphatic heterocycles. The SMILES string of the molecule is CC[C@H](CC(=O)O)c1ccc(N2CCC[C@@H]2C(C)(C)O)c(Nc2cnc(OCC3CC3)nc2)c1. The van der Waals surface area contributed by atoms with E-state index in [9.17, 15) is 15.0 Å². The Labute approximate surface area is 201 Å². The number of nitrogens with zero attached hydrogens (tertiary/aromatic N) is 3. The van der Waals surface area contributed by atoms with Crippen LogP contribution in [0.2, 0.25) is 0 Å². The van der Waals surface area contributed by atoms with Crippen LogP contribution in [-0.2, 0) is 4.79 Å². The molecule has 8 heteroatoms. The van der Waals surface area contributed by atoms with Crippen LogP contribution in [-0.4, -0.2) is 50.9 Å². The van der Waals surface area contributed by atoms with E-state index in [0.29, 0.717) is 18.5 Å². The maximum atomic E-state index is 11.4. The van der Waals surface area contributed by atoms with Crippen LogP contribution in [0.4, 0.5) is 17.1 Å². The third-order valence-corrected chi connectivity index (χ3v) is 6.84. The van der Waals surface area contributed by atoms with E-state index in [-0.39, 0.29) is 18.4 Å². The number of benzene rings is 1. The third kappa shape index (κ3) is 5.97. The van der Waals surface area contributed by atoms with Crippen molar-refractivity contribution in [2.45, 2.75) is 76.9 Å². The first kappa shape index (κ1) is 24.3. The van der Waals surface area contributed by atoms with Gasteiger partial charge in [-0.3, -0.25) is 4.79 Å². The van der Waals surface area contributed by atoms with E-state index >= 15 is 0 Å². The van der Waals surface area contributed by atoms with Crippen LogP contribution in [0.15, 0.2) is 30.6 Å². The van der Waals surface area contributed by atoms with Crippen LogP contribution in [0.25, 0.3) is 0 Å². The lowest BCUT2D eigenvalue weighted by Gasteiger charge is -2.36. The van der Waals surface area contributed by atoms with Gasteiger partial charge in [0.25, 0.3) is 0 Å². The molecular formula is C26H36N4O4. The summed E-state index contributed by atoms with van der Waals surface area (Å²) in [7, 11) is 0. The van der Waals surface area contributed by atoms with Crippen LogP contribution in [0.1, 0.15) is 70.8 Å². The predicted octanol–water partition coefficient (Wildman–Crippen LogP) is 4.72. The van der Waals surface area contributed by atoms with Crippen molar-refractivity contribution in [1.29, 1.82) is 0 Å². The van der Waals surface area contributed by atoms with Gasteiger partial charge in [-0.1, -0.05) is 13.0 Å². The van der Waals surface area contributed by atoms with Crippen molar-refractivity contribution in [3.63, 3.8) is 0 Å². The number of carboxylic acid groups (broad SMARTS) is 1. The molecule has 0 amide bonds. The largest absolute Gasteiger partial charge is 0.481 e. The van der Waals surface area contributed by atoms with Gasteiger partial charge in [0.15, 0.2) is 0 Å². The zero-order chi connectivity index (χ0) is 24.3. The van der Waals surface area contributed by atoms with Gasteiger partial charge in [0.1, 0.15) is 0 Å². The second-order valence-electron chi connectivity index (χ2n) is 10.1. The Morgan fingerprint density at radius 2 is 2.00 bits per heavy atom. The van der Waals surface area contributed by atoms with Gasteiger partial charge in [-0.2, -0.15) is 0 Å². The van der Waals surface area contributed by atoms with E-state index in [1.165, 1.54) is 12.8 Å². The monoisotopic (exact) mass is 468 g/mol. The highest BCUT2D eigenvalue weighted by atomic mass is 16.5. The predicted molar refractivity (Wildman–Crippen MR) is 132 cm³/mol. The number of carbonyl (C=O) groups is 1. The van der Waals surface area contributed by atoms with Gasteiger partial charge < -0.3 is 25.2 Å². The van der Waals surface area contributed by atoms with Crippen LogP contribution in [0.5, 0.6) is 6.01 Å². The van der Waals surface area contributed by atoms with E-state index < -0.39 is 11.6 Å². The van der Waals surface area contributed by atoms with Crippen LogP contribution in [0, 0.1) is 5.92 Å². The second-order valence-corrected chi connectivity index (χ2v) is 10.1. The third-order valence-electron chi connectivity index (χ3n) is 6.84. The lowest BCUT2D eigenvalue weighted by atomic mass is 9.92. The average Bonchev–Trinajstić information content (AvgIpc) is 3.49. The normalized spacial score (nSPS) is 19.2. The van der Waals surface area contributed by atoms with Gasteiger partial charge in [0.2, 0.25) is 0 Å². The number of anilines is 3. The fourth-order valence-corrected chi connectivity index (χ4v) is 4.74. The van der Waals surface area contributed by atoms with Crippen molar-refractivity contribution < 1.29 is 19.7 Å². The first-order valence-corrected chi connectivity index (χ1v) is 12.3. The molecule has 3 N–H and O–H groups in total. The van der Waals surface area contributed by atoms with Crippen molar-refractivity contribution in [1.82, 2.24) is 9.97 Å². The molecule has 0 spiro atoms. The molecule has 1 saturated carbocycles. The Hall–Kier alpha value is -2.87. The second kappa shape index (κ2) is 10.2. The molecule has 0 radical (unpaired) electrons. The van der Waals surface area contributed by atoms with Crippen molar-refractivity contribution >= 4 is 23.0 Å². The van der Waals surface area contributed by atoms with Crippen LogP contribution < -0.4 is 15.0 Å². The number of carboxylic acids is 1. The lowest BCUT2D eigenvalue weighted by molar-refractivity contribution is -0.137. The van der Waals surface area contributed by atoms with Gasteiger partial charge in [-0.15, -0.1) is 0 Å². The minimum Gasteiger partial charge on any atom is -0.481 e. The summed E-state index contributed by atoms with van der Waals surface area (Å²) in [6.45, 7) is 7.22. The fourth-order valence-electron chi connectivity index (χ4n) is 4.74. The molecule has 1 aromatic carbocycles. The highest BCUT2D eigenvalue weighted by Crippen LogP contribution is 2.39. The number of aliphatic carboxylic acids is 1. The maximum absolute atomic E-state index is 11.4. The number of hydrogen-bond acceptors (Lipinski definition) is 7. The van der Waals surface area contributed by atoms with Gasteiger partial charge in [-0.25, -0.2) is 9.97 Å². The van der Waals surface area contributed by atoms with Gasteiger partial charge in [0.05, 0.1) is 54.1 Å². The number of aromatic nitrogens is 2. The topological polar surface area (TPSA) is 108 Å². The maximum Gasteiger partial charge on any atom is 0.316 e. The van der Waals surface area contributed by atoms with E-state index in [2.05, 4.69) is 20.2 Å². The zero-order valence-electron chi connectivity index (χ0n) is 20.3. The van der Waals surface area contributed by atoms with Gasteiger partial charge >= 0.3 is 12.0 Å². The number of aliphatic hydroxyl groups is 1. The smallest absolute Gasteiger partial charge is 0.316 e. The molecular weight excluding hydrogens is 432 g/mol. The molecule has 34 heavy (non-hydrogen) atoms. The quantitative estimate of drug-likeness (QED) is 0.435. The minimum atomic E-state index is -0.842.